The van der Waals surface area contributed by atoms with Gasteiger partial charge < -0.3 is 20.3 Å². The molecule has 0 aromatic heterocycles. The van der Waals surface area contributed by atoms with Gasteiger partial charge in [-0.15, -0.1) is 0 Å². The average molecular weight is 342 g/mol. The smallest absolute Gasteiger partial charge is 0.275 e. The van der Waals surface area contributed by atoms with Crippen LogP contribution >= 0.6 is 0 Å². The number of carbonyl (C=O) groups excluding carboxylic acids is 2. The van der Waals surface area contributed by atoms with Crippen molar-refractivity contribution in [2.45, 2.75) is 26.1 Å². The molecule has 1 aliphatic heterocycles. The van der Waals surface area contributed by atoms with Crippen LogP contribution in [0.3, 0.4) is 0 Å². The van der Waals surface area contributed by atoms with E-state index < -0.39 is 17.5 Å². The van der Waals surface area contributed by atoms with Gasteiger partial charge in [-0.3, -0.25) is 9.59 Å². The standard InChI is InChI=1S/C16H21F2N3O3/c1-10-7-21(8-11(2)24-10)9-16(23)19-6-15(22)20-12-3-4-13(17)14(18)5-12/h3-5,10-11H,6-9H2,1-2H3,(H,19,23)(H,20,22)/p+1/t10-,11-/m1/s1. The van der Waals surface area contributed by atoms with Crippen LogP contribution in [0.5, 0.6) is 0 Å². The van der Waals surface area contributed by atoms with Crippen LogP contribution in [0.2, 0.25) is 0 Å². The molecule has 0 unspecified atom stereocenters. The van der Waals surface area contributed by atoms with Gasteiger partial charge in [-0.1, -0.05) is 0 Å². The molecule has 1 fully saturated rings. The molecule has 0 radical (unpaired) electrons. The zero-order valence-corrected chi connectivity index (χ0v) is 13.7. The third kappa shape index (κ3) is 5.54. The molecule has 2 amide bonds. The first-order chi connectivity index (χ1) is 11.3. The molecule has 0 spiro atoms. The van der Waals surface area contributed by atoms with E-state index in [1.54, 1.807) is 0 Å². The minimum Gasteiger partial charge on any atom is -0.364 e. The molecule has 0 saturated carbocycles. The highest BCUT2D eigenvalue weighted by Gasteiger charge is 2.27. The van der Waals surface area contributed by atoms with Gasteiger partial charge >= 0.3 is 0 Å². The first-order valence-electron chi connectivity index (χ1n) is 7.84. The number of benzene rings is 1. The van der Waals surface area contributed by atoms with Gasteiger partial charge in [0.05, 0.1) is 6.54 Å². The molecule has 6 nitrogen and oxygen atoms in total. The lowest BCUT2D eigenvalue weighted by Gasteiger charge is -2.31. The molecular weight excluding hydrogens is 320 g/mol. The lowest BCUT2D eigenvalue weighted by atomic mass is 10.2. The van der Waals surface area contributed by atoms with Gasteiger partial charge in [0.15, 0.2) is 18.2 Å². The largest absolute Gasteiger partial charge is 0.364 e. The number of carbonyl (C=O) groups is 2. The van der Waals surface area contributed by atoms with Crippen LogP contribution in [-0.2, 0) is 14.3 Å². The van der Waals surface area contributed by atoms with Crippen LogP contribution < -0.4 is 15.5 Å². The molecule has 1 heterocycles. The van der Waals surface area contributed by atoms with Gasteiger partial charge in [0.2, 0.25) is 5.91 Å². The number of amides is 2. The van der Waals surface area contributed by atoms with Crippen molar-refractivity contribution in [2.24, 2.45) is 0 Å². The SMILES string of the molecule is C[C@@H]1C[NH+](CC(=O)NCC(=O)Nc2ccc(F)c(F)c2)C[C@@H](C)O1. The van der Waals surface area contributed by atoms with E-state index in [0.29, 0.717) is 0 Å². The number of rotatable bonds is 5. The molecule has 3 N–H and O–H groups in total. The van der Waals surface area contributed by atoms with E-state index in [2.05, 4.69) is 10.6 Å². The molecule has 1 aromatic carbocycles. The van der Waals surface area contributed by atoms with Crippen molar-refractivity contribution < 1.29 is 28.0 Å². The zero-order valence-electron chi connectivity index (χ0n) is 13.7. The summed E-state index contributed by atoms with van der Waals surface area (Å²) in [5, 5.41) is 4.92. The fourth-order valence-electron chi connectivity index (χ4n) is 2.78. The zero-order chi connectivity index (χ0) is 17.7. The van der Waals surface area contributed by atoms with Crippen molar-refractivity contribution in [1.29, 1.82) is 0 Å². The van der Waals surface area contributed by atoms with Gasteiger partial charge in [-0.2, -0.15) is 0 Å². The number of hydrogen-bond acceptors (Lipinski definition) is 3. The summed E-state index contributed by atoms with van der Waals surface area (Å²) in [6.07, 6.45) is 0.182. The monoisotopic (exact) mass is 342 g/mol. The van der Waals surface area contributed by atoms with Crippen LogP contribution in [0.25, 0.3) is 0 Å². The first kappa shape index (κ1) is 18.3. The van der Waals surface area contributed by atoms with E-state index in [0.717, 1.165) is 30.1 Å². The number of morpholine rings is 1. The molecule has 1 saturated heterocycles. The number of ether oxygens (including phenoxy) is 1. The first-order valence-corrected chi connectivity index (χ1v) is 7.84. The van der Waals surface area contributed by atoms with Crippen LogP contribution in [0, 0.1) is 11.6 Å². The summed E-state index contributed by atoms with van der Waals surface area (Å²) < 4.78 is 31.5. The molecule has 132 valence electrons. The van der Waals surface area contributed by atoms with Crippen LogP contribution in [0.4, 0.5) is 14.5 Å². The Balaban J connectivity index is 1.74. The number of hydrogen-bond donors (Lipinski definition) is 3. The molecule has 0 bridgehead atoms. The minimum atomic E-state index is -1.05. The maximum Gasteiger partial charge on any atom is 0.275 e. The van der Waals surface area contributed by atoms with E-state index in [1.807, 2.05) is 13.8 Å². The highest BCUT2D eigenvalue weighted by molar-refractivity contribution is 5.94. The Morgan fingerprint density at radius 1 is 1.17 bits per heavy atom. The van der Waals surface area contributed by atoms with Gasteiger partial charge in [-0.25, -0.2) is 8.78 Å². The van der Waals surface area contributed by atoms with Crippen molar-refractivity contribution >= 4 is 17.5 Å². The predicted molar refractivity (Wildman–Crippen MR) is 83.6 cm³/mol. The maximum absolute atomic E-state index is 13.1. The minimum absolute atomic E-state index is 0.0909. The van der Waals surface area contributed by atoms with Gasteiger partial charge in [0.25, 0.3) is 5.91 Å². The Bertz CT molecular complexity index is 602. The van der Waals surface area contributed by atoms with Crippen molar-refractivity contribution in [3.8, 4) is 0 Å². The summed E-state index contributed by atoms with van der Waals surface area (Å²) in [4.78, 5) is 24.8. The molecule has 1 aliphatic rings. The lowest BCUT2D eigenvalue weighted by molar-refractivity contribution is -0.907. The summed E-state index contributed by atoms with van der Waals surface area (Å²) >= 11 is 0. The Morgan fingerprint density at radius 2 is 1.83 bits per heavy atom. The summed E-state index contributed by atoms with van der Waals surface area (Å²) in [7, 11) is 0. The summed E-state index contributed by atoms with van der Waals surface area (Å²) in [5.41, 5.74) is 0.134. The van der Waals surface area contributed by atoms with Gasteiger partial charge in [0.1, 0.15) is 25.3 Å². The molecular formula is C16H22F2N3O3+. The Morgan fingerprint density at radius 3 is 2.46 bits per heavy atom. The number of quaternary nitrogens is 1. The second kappa shape index (κ2) is 8.16. The Hall–Kier alpha value is -2.06. The van der Waals surface area contributed by atoms with E-state index in [-0.39, 0.29) is 36.9 Å². The number of nitrogens with one attached hydrogen (secondary N) is 3. The Labute approximate surface area is 139 Å². The van der Waals surface area contributed by atoms with Crippen molar-refractivity contribution in [3.05, 3.63) is 29.8 Å². The average Bonchev–Trinajstić information content (AvgIpc) is 2.48. The van der Waals surface area contributed by atoms with Gasteiger partial charge in [-0.05, 0) is 26.0 Å². The van der Waals surface area contributed by atoms with Gasteiger partial charge in [0, 0.05) is 11.8 Å². The van der Waals surface area contributed by atoms with Crippen LogP contribution in [-0.4, -0.2) is 50.2 Å². The van der Waals surface area contributed by atoms with E-state index in [4.69, 9.17) is 4.74 Å². The number of anilines is 1. The molecule has 1 aromatic rings. The third-order valence-corrected chi connectivity index (χ3v) is 3.68. The Kier molecular flexibility index (Phi) is 6.22. The predicted octanol–water partition coefficient (Wildman–Crippen LogP) is -0.288. The molecule has 24 heavy (non-hydrogen) atoms. The normalized spacial score (nSPS) is 23.6. The summed E-state index contributed by atoms with van der Waals surface area (Å²) in [6.45, 7) is 5.42. The number of halogens is 2. The molecule has 8 heteroatoms. The van der Waals surface area contributed by atoms with Crippen molar-refractivity contribution in [1.82, 2.24) is 5.32 Å². The van der Waals surface area contributed by atoms with E-state index >= 15 is 0 Å². The van der Waals surface area contributed by atoms with Crippen molar-refractivity contribution in [2.75, 3.05) is 31.5 Å². The summed E-state index contributed by atoms with van der Waals surface area (Å²) in [5.74, 6) is -2.78. The fraction of sp³-hybridized carbons (Fsp3) is 0.500. The fourth-order valence-corrected chi connectivity index (χ4v) is 2.78. The highest BCUT2D eigenvalue weighted by Crippen LogP contribution is 2.12. The maximum atomic E-state index is 13.1. The van der Waals surface area contributed by atoms with Crippen LogP contribution in [0.1, 0.15) is 13.8 Å². The quantitative estimate of drug-likeness (QED) is 0.689. The van der Waals surface area contributed by atoms with Crippen LogP contribution in [0.15, 0.2) is 18.2 Å². The summed E-state index contributed by atoms with van der Waals surface area (Å²) in [6, 6.07) is 3.06. The van der Waals surface area contributed by atoms with Crippen molar-refractivity contribution in [3.63, 3.8) is 0 Å². The van der Waals surface area contributed by atoms with E-state index in [9.17, 15) is 18.4 Å². The molecule has 0 aliphatic carbocycles. The molecule has 2 rings (SSSR count). The highest BCUT2D eigenvalue weighted by atomic mass is 19.2. The van der Waals surface area contributed by atoms with E-state index in [1.165, 1.54) is 6.07 Å². The molecule has 2 atom stereocenters. The topological polar surface area (TPSA) is 71.9 Å². The second-order valence-corrected chi connectivity index (χ2v) is 6.05. The lowest BCUT2D eigenvalue weighted by Crippen LogP contribution is -3.16. The second-order valence-electron chi connectivity index (χ2n) is 6.05. The third-order valence-electron chi connectivity index (χ3n) is 3.68.